The lowest BCUT2D eigenvalue weighted by atomic mass is 10.1. The van der Waals surface area contributed by atoms with Gasteiger partial charge in [-0.2, -0.15) is 0 Å². The summed E-state index contributed by atoms with van der Waals surface area (Å²) in [6.45, 7) is 3.23. The molecule has 0 bridgehead atoms. The van der Waals surface area contributed by atoms with Crippen molar-refractivity contribution in [2.75, 3.05) is 26.2 Å². The zero-order valence-corrected chi connectivity index (χ0v) is 16.7. The van der Waals surface area contributed by atoms with Gasteiger partial charge in [0.05, 0.1) is 10.5 Å². The van der Waals surface area contributed by atoms with Crippen LogP contribution in [0.15, 0.2) is 52.3 Å². The van der Waals surface area contributed by atoms with E-state index in [0.717, 1.165) is 11.8 Å². The Morgan fingerprint density at radius 1 is 1.03 bits per heavy atom. The van der Waals surface area contributed by atoms with Gasteiger partial charge in [-0.05, 0) is 24.6 Å². The van der Waals surface area contributed by atoms with Crippen molar-refractivity contribution in [3.63, 3.8) is 0 Å². The van der Waals surface area contributed by atoms with Gasteiger partial charge in [0.15, 0.2) is 0 Å². The number of carbonyl (C=O) groups excluding carboxylic acids is 2. The standard InChI is InChI=1S/C20H20FN3O4S/c1-14(25)22-9-4-10-23(12-11-22)20(26)16-13-15(24(27)28)7-8-18(16)29-19-6-3-2-5-17(19)21/h2-3,5-8,13H,4,9-12H2,1H3. The van der Waals surface area contributed by atoms with E-state index in [-0.39, 0.29) is 23.1 Å². The Morgan fingerprint density at radius 3 is 2.41 bits per heavy atom. The molecule has 0 spiro atoms. The highest BCUT2D eigenvalue weighted by atomic mass is 32.2. The number of nitro groups is 1. The molecule has 29 heavy (non-hydrogen) atoms. The van der Waals surface area contributed by atoms with Crippen LogP contribution in [-0.2, 0) is 4.79 Å². The number of non-ortho nitro benzene ring substituents is 1. The fraction of sp³-hybridized carbons (Fsp3) is 0.300. The normalized spacial score (nSPS) is 14.4. The molecule has 3 rings (SSSR count). The second-order valence-corrected chi connectivity index (χ2v) is 7.71. The van der Waals surface area contributed by atoms with Crippen molar-refractivity contribution in [2.24, 2.45) is 0 Å². The van der Waals surface area contributed by atoms with Crippen LogP contribution in [-0.4, -0.2) is 52.7 Å². The summed E-state index contributed by atoms with van der Waals surface area (Å²) in [5, 5.41) is 11.2. The van der Waals surface area contributed by atoms with E-state index in [1.165, 1.54) is 31.2 Å². The molecule has 1 fully saturated rings. The Hall–Kier alpha value is -2.94. The van der Waals surface area contributed by atoms with Gasteiger partial charge in [-0.15, -0.1) is 0 Å². The maximum atomic E-state index is 14.1. The van der Waals surface area contributed by atoms with Gasteiger partial charge in [-0.3, -0.25) is 19.7 Å². The Bertz CT molecular complexity index is 953. The molecule has 0 unspecified atom stereocenters. The van der Waals surface area contributed by atoms with Crippen LogP contribution in [0.2, 0.25) is 0 Å². The van der Waals surface area contributed by atoms with Crippen LogP contribution in [0.3, 0.4) is 0 Å². The third-order valence-electron chi connectivity index (χ3n) is 4.69. The largest absolute Gasteiger partial charge is 0.341 e. The summed E-state index contributed by atoms with van der Waals surface area (Å²) in [5.41, 5.74) is -0.0462. The number of hydrogen-bond acceptors (Lipinski definition) is 5. The first kappa shape index (κ1) is 20.8. The number of carbonyl (C=O) groups is 2. The predicted octanol–water partition coefficient (Wildman–Crippen LogP) is 3.58. The Kier molecular flexibility index (Phi) is 6.48. The molecular weight excluding hydrogens is 397 g/mol. The van der Waals surface area contributed by atoms with Crippen molar-refractivity contribution in [3.8, 4) is 0 Å². The number of nitrogens with zero attached hydrogens (tertiary/aromatic N) is 3. The molecule has 2 aromatic rings. The lowest BCUT2D eigenvalue weighted by molar-refractivity contribution is -0.384. The lowest BCUT2D eigenvalue weighted by Crippen LogP contribution is -2.36. The van der Waals surface area contributed by atoms with Crippen molar-refractivity contribution < 1.29 is 18.9 Å². The average molecular weight is 417 g/mol. The van der Waals surface area contributed by atoms with Crippen molar-refractivity contribution in [2.45, 2.75) is 23.1 Å². The third kappa shape index (κ3) is 4.92. The molecule has 0 aromatic heterocycles. The SMILES string of the molecule is CC(=O)N1CCCN(C(=O)c2cc([N+](=O)[O-])ccc2Sc2ccccc2F)CC1. The fourth-order valence-corrected chi connectivity index (χ4v) is 4.08. The molecule has 1 aliphatic heterocycles. The van der Waals surface area contributed by atoms with E-state index in [4.69, 9.17) is 0 Å². The minimum absolute atomic E-state index is 0.0505. The molecule has 2 amide bonds. The van der Waals surface area contributed by atoms with Crippen LogP contribution in [0.5, 0.6) is 0 Å². The van der Waals surface area contributed by atoms with E-state index in [1.807, 2.05) is 0 Å². The topological polar surface area (TPSA) is 83.8 Å². The molecule has 0 saturated carbocycles. The smallest absolute Gasteiger partial charge is 0.270 e. The molecule has 0 aliphatic carbocycles. The van der Waals surface area contributed by atoms with Gasteiger partial charge in [0.25, 0.3) is 11.6 Å². The first-order chi connectivity index (χ1) is 13.9. The van der Waals surface area contributed by atoms with E-state index < -0.39 is 10.7 Å². The second kappa shape index (κ2) is 9.04. The van der Waals surface area contributed by atoms with Gasteiger partial charge in [0, 0.05) is 55.0 Å². The van der Waals surface area contributed by atoms with Crippen molar-refractivity contribution in [3.05, 3.63) is 64.0 Å². The van der Waals surface area contributed by atoms with Crippen LogP contribution < -0.4 is 0 Å². The number of benzene rings is 2. The maximum absolute atomic E-state index is 14.1. The van der Waals surface area contributed by atoms with Gasteiger partial charge in [-0.1, -0.05) is 23.9 Å². The molecular formula is C20H20FN3O4S. The van der Waals surface area contributed by atoms with E-state index >= 15 is 0 Å². The number of rotatable bonds is 4. The number of amides is 2. The molecule has 1 heterocycles. The molecule has 1 saturated heterocycles. The molecule has 1 aliphatic rings. The van der Waals surface area contributed by atoms with Gasteiger partial charge >= 0.3 is 0 Å². The molecule has 7 nitrogen and oxygen atoms in total. The minimum Gasteiger partial charge on any atom is -0.341 e. The van der Waals surface area contributed by atoms with E-state index in [0.29, 0.717) is 42.4 Å². The maximum Gasteiger partial charge on any atom is 0.270 e. The fourth-order valence-electron chi connectivity index (χ4n) is 3.14. The van der Waals surface area contributed by atoms with Crippen LogP contribution in [0.4, 0.5) is 10.1 Å². The summed E-state index contributed by atoms with van der Waals surface area (Å²) >= 11 is 1.05. The number of nitro benzene ring substituents is 1. The van der Waals surface area contributed by atoms with Crippen LogP contribution in [0, 0.1) is 15.9 Å². The highest BCUT2D eigenvalue weighted by Crippen LogP contribution is 2.34. The quantitative estimate of drug-likeness (QED) is 0.561. The van der Waals surface area contributed by atoms with Gasteiger partial charge in [-0.25, -0.2) is 4.39 Å². The second-order valence-electron chi connectivity index (χ2n) is 6.62. The van der Waals surface area contributed by atoms with Gasteiger partial charge in [0.2, 0.25) is 5.91 Å². The minimum atomic E-state index is -0.561. The molecule has 0 atom stereocenters. The van der Waals surface area contributed by atoms with Crippen molar-refractivity contribution in [1.29, 1.82) is 0 Å². The summed E-state index contributed by atoms with van der Waals surface area (Å²) < 4.78 is 14.1. The summed E-state index contributed by atoms with van der Waals surface area (Å²) in [6.07, 6.45) is 0.621. The molecule has 9 heteroatoms. The highest BCUT2D eigenvalue weighted by Gasteiger charge is 2.25. The summed E-state index contributed by atoms with van der Waals surface area (Å²) in [6, 6.07) is 10.2. The van der Waals surface area contributed by atoms with Gasteiger partial charge in [0.1, 0.15) is 5.82 Å². The lowest BCUT2D eigenvalue weighted by Gasteiger charge is -2.22. The number of halogens is 1. The molecule has 0 radical (unpaired) electrons. The first-order valence-electron chi connectivity index (χ1n) is 9.12. The molecule has 152 valence electrons. The van der Waals surface area contributed by atoms with Gasteiger partial charge < -0.3 is 9.80 Å². The van der Waals surface area contributed by atoms with E-state index in [1.54, 1.807) is 28.0 Å². The van der Waals surface area contributed by atoms with E-state index in [2.05, 4.69) is 0 Å². The monoisotopic (exact) mass is 417 g/mol. The molecule has 0 N–H and O–H groups in total. The Balaban J connectivity index is 1.92. The summed E-state index contributed by atoms with van der Waals surface area (Å²) in [5.74, 6) is -0.843. The third-order valence-corrected chi connectivity index (χ3v) is 5.82. The van der Waals surface area contributed by atoms with Crippen LogP contribution >= 0.6 is 11.8 Å². The predicted molar refractivity (Wildman–Crippen MR) is 106 cm³/mol. The van der Waals surface area contributed by atoms with Crippen molar-refractivity contribution >= 4 is 29.3 Å². The average Bonchev–Trinajstić information content (AvgIpc) is 2.96. The van der Waals surface area contributed by atoms with Crippen LogP contribution in [0.1, 0.15) is 23.7 Å². The first-order valence-corrected chi connectivity index (χ1v) is 9.94. The Morgan fingerprint density at radius 2 is 1.72 bits per heavy atom. The van der Waals surface area contributed by atoms with Crippen molar-refractivity contribution in [1.82, 2.24) is 9.80 Å². The highest BCUT2D eigenvalue weighted by molar-refractivity contribution is 7.99. The van der Waals surface area contributed by atoms with Crippen LogP contribution in [0.25, 0.3) is 0 Å². The summed E-state index contributed by atoms with van der Waals surface area (Å²) in [4.78, 5) is 39.5. The zero-order valence-electron chi connectivity index (χ0n) is 15.8. The van der Waals surface area contributed by atoms with E-state index in [9.17, 15) is 24.1 Å². The number of hydrogen-bond donors (Lipinski definition) is 0. The summed E-state index contributed by atoms with van der Waals surface area (Å²) in [7, 11) is 0. The molecule has 2 aromatic carbocycles. The zero-order chi connectivity index (χ0) is 21.0. The Labute approximate surface area is 171 Å².